The zero-order chi connectivity index (χ0) is 22.6. The van der Waals surface area contributed by atoms with Crippen LogP contribution in [0.2, 0.25) is 0 Å². The Morgan fingerprint density at radius 2 is 1.87 bits per heavy atom. The Hall–Kier alpha value is -2.83. The SMILES string of the molecule is C=CC(=O)N1CCCC(C(=O)N2CCC(NC(=O)OC(C)(C)C)(c3ccccc3)C2)C1. The molecule has 3 amide bonds. The zero-order valence-corrected chi connectivity index (χ0v) is 18.7. The standard InChI is InChI=1S/C24H33N3O4/c1-5-20(28)26-14-9-10-18(16-26)21(29)27-15-13-24(17-27,19-11-7-6-8-12-19)25-22(30)31-23(2,3)4/h5-8,11-12,18H,1,9-10,13-17H2,2-4H3,(H,25,30). The first kappa shape index (κ1) is 22.8. The van der Waals surface area contributed by atoms with Gasteiger partial charge in [-0.15, -0.1) is 0 Å². The Kier molecular flexibility index (Phi) is 6.72. The van der Waals surface area contributed by atoms with Gasteiger partial charge < -0.3 is 19.9 Å². The van der Waals surface area contributed by atoms with Gasteiger partial charge in [-0.2, -0.15) is 0 Å². The third-order valence-corrected chi connectivity index (χ3v) is 5.90. The minimum Gasteiger partial charge on any atom is -0.444 e. The molecule has 2 saturated heterocycles. The molecule has 7 heteroatoms. The summed E-state index contributed by atoms with van der Waals surface area (Å²) < 4.78 is 5.50. The maximum atomic E-state index is 13.3. The molecule has 2 aliphatic heterocycles. The van der Waals surface area contributed by atoms with Gasteiger partial charge >= 0.3 is 6.09 Å². The number of carbonyl (C=O) groups excluding carboxylic acids is 3. The molecule has 7 nitrogen and oxygen atoms in total. The van der Waals surface area contributed by atoms with E-state index in [2.05, 4.69) is 11.9 Å². The van der Waals surface area contributed by atoms with Crippen molar-refractivity contribution in [3.05, 3.63) is 48.6 Å². The van der Waals surface area contributed by atoms with Gasteiger partial charge in [-0.3, -0.25) is 9.59 Å². The number of hydrogen-bond acceptors (Lipinski definition) is 4. The quantitative estimate of drug-likeness (QED) is 0.749. The highest BCUT2D eigenvalue weighted by Crippen LogP contribution is 2.34. The highest BCUT2D eigenvalue weighted by molar-refractivity contribution is 5.88. The topological polar surface area (TPSA) is 79.0 Å². The molecule has 1 aromatic rings. The summed E-state index contributed by atoms with van der Waals surface area (Å²) in [4.78, 5) is 41.5. The van der Waals surface area contributed by atoms with Crippen LogP contribution in [0.25, 0.3) is 0 Å². The molecule has 2 atom stereocenters. The largest absolute Gasteiger partial charge is 0.444 e. The maximum absolute atomic E-state index is 13.3. The van der Waals surface area contributed by atoms with E-state index >= 15 is 0 Å². The van der Waals surface area contributed by atoms with Crippen molar-refractivity contribution in [2.45, 2.75) is 51.2 Å². The van der Waals surface area contributed by atoms with Crippen LogP contribution >= 0.6 is 0 Å². The van der Waals surface area contributed by atoms with E-state index < -0.39 is 17.2 Å². The lowest BCUT2D eigenvalue weighted by molar-refractivity contribution is -0.138. The second-order valence-electron chi connectivity index (χ2n) is 9.41. The highest BCUT2D eigenvalue weighted by Gasteiger charge is 2.45. The fourth-order valence-corrected chi connectivity index (χ4v) is 4.43. The van der Waals surface area contributed by atoms with E-state index in [1.807, 2.05) is 56.0 Å². The molecular weight excluding hydrogens is 394 g/mol. The average molecular weight is 428 g/mol. The summed E-state index contributed by atoms with van der Waals surface area (Å²) in [6.45, 7) is 11.0. The molecule has 2 fully saturated rings. The van der Waals surface area contributed by atoms with Crippen LogP contribution in [0.15, 0.2) is 43.0 Å². The first-order valence-corrected chi connectivity index (χ1v) is 10.9. The number of piperidine rings is 1. The second-order valence-corrected chi connectivity index (χ2v) is 9.41. The first-order chi connectivity index (χ1) is 14.6. The number of nitrogens with zero attached hydrogens (tertiary/aromatic N) is 2. The number of rotatable bonds is 4. The van der Waals surface area contributed by atoms with Crippen molar-refractivity contribution in [3.63, 3.8) is 0 Å². The molecule has 0 aromatic heterocycles. The van der Waals surface area contributed by atoms with Crippen LogP contribution in [0.4, 0.5) is 4.79 Å². The average Bonchev–Trinajstić information content (AvgIpc) is 3.17. The van der Waals surface area contributed by atoms with E-state index in [1.165, 1.54) is 6.08 Å². The summed E-state index contributed by atoms with van der Waals surface area (Å²) in [7, 11) is 0. The fourth-order valence-electron chi connectivity index (χ4n) is 4.43. The van der Waals surface area contributed by atoms with Gasteiger partial charge in [-0.25, -0.2) is 4.79 Å². The number of carbonyl (C=O) groups is 3. The fraction of sp³-hybridized carbons (Fsp3) is 0.542. The molecule has 3 rings (SSSR count). The summed E-state index contributed by atoms with van der Waals surface area (Å²) in [5.41, 5.74) is -0.368. The molecule has 2 aliphatic rings. The number of alkyl carbamates (subject to hydrolysis) is 1. The molecule has 1 aromatic carbocycles. The molecule has 0 aliphatic carbocycles. The van der Waals surface area contributed by atoms with Crippen LogP contribution in [0.1, 0.15) is 45.6 Å². The van der Waals surface area contributed by atoms with Gasteiger partial charge in [0, 0.05) is 26.2 Å². The molecule has 1 N–H and O–H groups in total. The molecule has 0 bridgehead atoms. The molecule has 2 unspecified atom stereocenters. The third kappa shape index (κ3) is 5.46. The lowest BCUT2D eigenvalue weighted by Gasteiger charge is -2.35. The number of amides is 3. The molecule has 0 spiro atoms. The predicted octanol–water partition coefficient (Wildman–Crippen LogP) is 3.06. The Morgan fingerprint density at radius 3 is 2.52 bits per heavy atom. The van der Waals surface area contributed by atoms with Gasteiger partial charge in [0.1, 0.15) is 5.60 Å². The van der Waals surface area contributed by atoms with Crippen molar-refractivity contribution in [1.29, 1.82) is 0 Å². The minimum atomic E-state index is -0.704. The van der Waals surface area contributed by atoms with Crippen molar-refractivity contribution < 1.29 is 19.1 Å². The molecule has 0 radical (unpaired) electrons. The predicted molar refractivity (Wildman–Crippen MR) is 118 cm³/mol. The van der Waals surface area contributed by atoms with Crippen molar-refractivity contribution in [3.8, 4) is 0 Å². The van der Waals surface area contributed by atoms with Crippen LogP contribution in [-0.2, 0) is 19.9 Å². The summed E-state index contributed by atoms with van der Waals surface area (Å²) in [6.07, 6.45) is 2.96. The monoisotopic (exact) mass is 427 g/mol. The van der Waals surface area contributed by atoms with Crippen molar-refractivity contribution in [2.24, 2.45) is 5.92 Å². The Morgan fingerprint density at radius 1 is 1.16 bits per heavy atom. The Labute approximate surface area is 184 Å². The van der Waals surface area contributed by atoms with Gasteiger partial charge in [-0.05, 0) is 51.7 Å². The highest BCUT2D eigenvalue weighted by atomic mass is 16.6. The van der Waals surface area contributed by atoms with Gasteiger partial charge in [0.05, 0.1) is 11.5 Å². The van der Waals surface area contributed by atoms with Crippen molar-refractivity contribution in [2.75, 3.05) is 26.2 Å². The van der Waals surface area contributed by atoms with E-state index in [0.29, 0.717) is 32.6 Å². The normalized spacial score (nSPS) is 23.9. The van der Waals surface area contributed by atoms with E-state index in [1.54, 1.807) is 4.90 Å². The van der Waals surface area contributed by atoms with Crippen LogP contribution in [0, 0.1) is 5.92 Å². The number of likely N-dealkylation sites (tertiary alicyclic amines) is 2. The molecule has 168 valence electrons. The summed E-state index contributed by atoms with van der Waals surface area (Å²) in [5.74, 6) is -0.333. The van der Waals surface area contributed by atoms with Crippen LogP contribution in [0.5, 0.6) is 0 Å². The molecule has 31 heavy (non-hydrogen) atoms. The number of ether oxygens (including phenoxy) is 1. The van der Waals surface area contributed by atoms with Crippen molar-refractivity contribution >= 4 is 17.9 Å². The summed E-state index contributed by atoms with van der Waals surface area (Å²) >= 11 is 0. The van der Waals surface area contributed by atoms with E-state index in [-0.39, 0.29) is 17.7 Å². The maximum Gasteiger partial charge on any atom is 0.408 e. The third-order valence-electron chi connectivity index (χ3n) is 5.90. The number of nitrogens with one attached hydrogen (secondary N) is 1. The van der Waals surface area contributed by atoms with Crippen LogP contribution < -0.4 is 5.32 Å². The smallest absolute Gasteiger partial charge is 0.408 e. The van der Waals surface area contributed by atoms with E-state index in [0.717, 1.165) is 18.4 Å². The van der Waals surface area contributed by atoms with Crippen LogP contribution in [-0.4, -0.2) is 59.5 Å². The van der Waals surface area contributed by atoms with Crippen molar-refractivity contribution in [1.82, 2.24) is 15.1 Å². The molecular formula is C24H33N3O4. The van der Waals surface area contributed by atoms with E-state index in [9.17, 15) is 14.4 Å². The minimum absolute atomic E-state index is 0.0327. The molecule has 0 saturated carbocycles. The summed E-state index contributed by atoms with van der Waals surface area (Å²) in [6, 6.07) is 9.72. The summed E-state index contributed by atoms with van der Waals surface area (Å²) in [5, 5.41) is 3.06. The number of benzene rings is 1. The number of hydrogen-bond donors (Lipinski definition) is 1. The van der Waals surface area contributed by atoms with Gasteiger partial charge in [0.25, 0.3) is 0 Å². The lowest BCUT2D eigenvalue weighted by Crippen LogP contribution is -2.51. The zero-order valence-electron chi connectivity index (χ0n) is 18.7. The molecule has 2 heterocycles. The Bertz CT molecular complexity index is 833. The van der Waals surface area contributed by atoms with Gasteiger partial charge in [0.15, 0.2) is 0 Å². The van der Waals surface area contributed by atoms with Crippen LogP contribution in [0.3, 0.4) is 0 Å². The lowest BCUT2D eigenvalue weighted by atomic mass is 9.89. The first-order valence-electron chi connectivity index (χ1n) is 10.9. The second kappa shape index (κ2) is 9.12. The van der Waals surface area contributed by atoms with E-state index in [4.69, 9.17) is 4.74 Å². The van der Waals surface area contributed by atoms with Gasteiger partial charge in [-0.1, -0.05) is 36.9 Å². The Balaban J connectivity index is 1.76. The van der Waals surface area contributed by atoms with Gasteiger partial charge in [0.2, 0.25) is 11.8 Å².